The van der Waals surface area contributed by atoms with Gasteiger partial charge in [0.15, 0.2) is 5.78 Å². The molecule has 1 aromatic rings. The summed E-state index contributed by atoms with van der Waals surface area (Å²) < 4.78 is 0. The van der Waals surface area contributed by atoms with Crippen LogP contribution in [0.5, 0.6) is 0 Å². The maximum atomic E-state index is 12.5. The number of rotatable bonds is 17. The fourth-order valence-corrected chi connectivity index (χ4v) is 3.53. The maximum Gasteiger partial charge on any atom is 0.244 e. The maximum absolute atomic E-state index is 12.5. The van der Waals surface area contributed by atoms with Crippen LogP contribution < -0.4 is 5.32 Å². The van der Waals surface area contributed by atoms with Crippen molar-refractivity contribution in [2.75, 3.05) is 0 Å². The van der Waals surface area contributed by atoms with Crippen molar-refractivity contribution >= 4 is 17.8 Å². The van der Waals surface area contributed by atoms with Crippen LogP contribution in [-0.2, 0) is 9.59 Å². The third-order valence-electron chi connectivity index (χ3n) is 5.38. The van der Waals surface area contributed by atoms with Crippen LogP contribution in [-0.4, -0.2) is 28.9 Å². The van der Waals surface area contributed by atoms with Crippen LogP contribution in [0.25, 0.3) is 6.08 Å². The highest BCUT2D eigenvalue weighted by Crippen LogP contribution is 2.13. The molecule has 30 heavy (non-hydrogen) atoms. The van der Waals surface area contributed by atoms with Gasteiger partial charge in [-0.25, -0.2) is 0 Å². The minimum atomic E-state index is -0.903. The summed E-state index contributed by atoms with van der Waals surface area (Å²) in [5.74, 6) is -0.459. The van der Waals surface area contributed by atoms with Crippen molar-refractivity contribution in [1.82, 2.24) is 5.32 Å². The Morgan fingerprint density at radius 3 is 1.97 bits per heavy atom. The minimum Gasteiger partial charge on any atom is -0.391 e. The number of aliphatic hydroxyl groups is 1. The fourth-order valence-electron chi connectivity index (χ4n) is 3.53. The van der Waals surface area contributed by atoms with Crippen molar-refractivity contribution in [3.05, 3.63) is 42.0 Å². The molecule has 0 spiro atoms. The fraction of sp³-hybridized carbons (Fsp3) is 0.615. The molecule has 0 fully saturated rings. The van der Waals surface area contributed by atoms with Gasteiger partial charge in [-0.1, -0.05) is 101 Å². The molecule has 4 nitrogen and oxygen atoms in total. The number of Topliss-reactive ketones (excluding diaryl/α,β-unsaturated/α-hetero) is 1. The van der Waals surface area contributed by atoms with E-state index in [0.29, 0.717) is 6.42 Å². The summed E-state index contributed by atoms with van der Waals surface area (Å²) in [5.41, 5.74) is 0.911. The third kappa shape index (κ3) is 12.6. The molecule has 4 heteroatoms. The lowest BCUT2D eigenvalue weighted by atomic mass is 10.0. The molecule has 0 bridgehead atoms. The van der Waals surface area contributed by atoms with Gasteiger partial charge in [0, 0.05) is 12.5 Å². The second-order valence-electron chi connectivity index (χ2n) is 8.22. The number of unbranched alkanes of at least 4 members (excludes halogenated alkanes) is 10. The zero-order valence-corrected chi connectivity index (χ0v) is 18.9. The third-order valence-corrected chi connectivity index (χ3v) is 5.38. The first-order valence-electron chi connectivity index (χ1n) is 11.8. The Balaban J connectivity index is 2.20. The summed E-state index contributed by atoms with van der Waals surface area (Å²) in [6.45, 7) is 3.79. The molecule has 1 amide bonds. The SMILES string of the molecule is CCCCCCCCCCCCCC(=O)[C@@H](NC(=O)/C=C/c1ccccc1)[C@@H](C)O. The van der Waals surface area contributed by atoms with Crippen LogP contribution in [0.2, 0.25) is 0 Å². The smallest absolute Gasteiger partial charge is 0.244 e. The van der Waals surface area contributed by atoms with Gasteiger partial charge in [-0.2, -0.15) is 0 Å². The van der Waals surface area contributed by atoms with E-state index >= 15 is 0 Å². The van der Waals surface area contributed by atoms with E-state index in [1.807, 2.05) is 30.3 Å². The van der Waals surface area contributed by atoms with E-state index in [4.69, 9.17) is 0 Å². The Morgan fingerprint density at radius 1 is 0.900 bits per heavy atom. The standard InChI is InChI=1S/C26H41NO3/c1-3-4-5-6-7-8-9-10-11-12-16-19-24(29)26(22(2)28)27-25(30)21-20-23-17-14-13-15-18-23/h13-15,17-18,20-22,26,28H,3-12,16,19H2,1-2H3,(H,27,30)/b21-20+/t22-,26+/m1/s1. The molecule has 0 aliphatic carbocycles. The van der Waals surface area contributed by atoms with Gasteiger partial charge >= 0.3 is 0 Å². The Kier molecular flexibility index (Phi) is 14.6. The molecule has 168 valence electrons. The Bertz CT molecular complexity index is 610. The van der Waals surface area contributed by atoms with E-state index in [-0.39, 0.29) is 11.7 Å². The molecule has 1 rings (SSSR count). The number of aliphatic hydroxyl groups excluding tert-OH is 1. The summed E-state index contributed by atoms with van der Waals surface area (Å²) in [6, 6.07) is 8.65. The topological polar surface area (TPSA) is 66.4 Å². The highest BCUT2D eigenvalue weighted by atomic mass is 16.3. The van der Waals surface area contributed by atoms with Gasteiger partial charge in [0.2, 0.25) is 5.91 Å². The summed E-state index contributed by atoms with van der Waals surface area (Å²) in [7, 11) is 0. The Hall–Kier alpha value is -1.94. The van der Waals surface area contributed by atoms with Crippen LogP contribution in [0.4, 0.5) is 0 Å². The molecule has 1 aromatic carbocycles. The van der Waals surface area contributed by atoms with Gasteiger partial charge in [0.25, 0.3) is 0 Å². The van der Waals surface area contributed by atoms with E-state index in [9.17, 15) is 14.7 Å². The lowest BCUT2D eigenvalue weighted by molar-refractivity contribution is -0.128. The molecule has 2 atom stereocenters. The van der Waals surface area contributed by atoms with Gasteiger partial charge in [-0.15, -0.1) is 0 Å². The van der Waals surface area contributed by atoms with Crippen LogP contribution in [0.3, 0.4) is 0 Å². The van der Waals surface area contributed by atoms with E-state index < -0.39 is 12.1 Å². The molecule has 0 heterocycles. The zero-order chi connectivity index (χ0) is 22.0. The summed E-state index contributed by atoms with van der Waals surface area (Å²) in [5, 5.41) is 12.6. The van der Waals surface area contributed by atoms with Gasteiger partial charge < -0.3 is 10.4 Å². The van der Waals surface area contributed by atoms with E-state index in [2.05, 4.69) is 12.2 Å². The second kappa shape index (κ2) is 16.8. The number of carbonyl (C=O) groups is 2. The molecule has 0 radical (unpaired) electrons. The van der Waals surface area contributed by atoms with E-state index in [1.54, 1.807) is 13.0 Å². The first kappa shape index (κ1) is 26.1. The largest absolute Gasteiger partial charge is 0.391 e. The van der Waals surface area contributed by atoms with Crippen molar-refractivity contribution in [1.29, 1.82) is 0 Å². The number of carbonyl (C=O) groups excluding carboxylic acids is 2. The monoisotopic (exact) mass is 415 g/mol. The normalized spacial score (nSPS) is 13.3. The highest BCUT2D eigenvalue weighted by molar-refractivity contribution is 5.96. The molecule has 0 saturated carbocycles. The Labute approximate surface area is 183 Å². The van der Waals surface area contributed by atoms with Gasteiger partial charge in [0.05, 0.1) is 6.10 Å². The van der Waals surface area contributed by atoms with Gasteiger partial charge in [-0.3, -0.25) is 9.59 Å². The van der Waals surface area contributed by atoms with E-state index in [0.717, 1.165) is 24.8 Å². The van der Waals surface area contributed by atoms with Gasteiger partial charge in [-0.05, 0) is 25.0 Å². The molecule has 2 N–H and O–H groups in total. The van der Waals surface area contributed by atoms with E-state index in [1.165, 1.54) is 57.4 Å². The van der Waals surface area contributed by atoms with Crippen molar-refractivity contribution in [3.8, 4) is 0 Å². The molecular formula is C26H41NO3. The molecule has 0 aromatic heterocycles. The average Bonchev–Trinajstić information content (AvgIpc) is 2.74. The number of hydrogen-bond acceptors (Lipinski definition) is 3. The van der Waals surface area contributed by atoms with Crippen molar-refractivity contribution in [2.45, 2.75) is 103 Å². The average molecular weight is 416 g/mol. The molecule has 0 aliphatic heterocycles. The number of benzene rings is 1. The first-order chi connectivity index (χ1) is 14.5. The summed E-state index contributed by atoms with van der Waals surface area (Å²) in [6.07, 6.45) is 16.1. The predicted molar refractivity (Wildman–Crippen MR) is 125 cm³/mol. The quantitative estimate of drug-likeness (QED) is 0.248. The zero-order valence-electron chi connectivity index (χ0n) is 18.9. The molecule has 0 saturated heterocycles. The summed E-state index contributed by atoms with van der Waals surface area (Å²) >= 11 is 0. The lowest BCUT2D eigenvalue weighted by Gasteiger charge is -2.19. The van der Waals surface area contributed by atoms with Crippen molar-refractivity contribution in [3.63, 3.8) is 0 Å². The van der Waals surface area contributed by atoms with Crippen molar-refractivity contribution < 1.29 is 14.7 Å². The van der Waals surface area contributed by atoms with Crippen LogP contribution in [0, 0.1) is 0 Å². The van der Waals surface area contributed by atoms with Crippen LogP contribution in [0.15, 0.2) is 36.4 Å². The number of ketones is 1. The second-order valence-corrected chi connectivity index (χ2v) is 8.22. The molecular weight excluding hydrogens is 374 g/mol. The predicted octanol–water partition coefficient (Wildman–Crippen LogP) is 5.84. The molecule has 0 unspecified atom stereocenters. The molecule has 0 aliphatic rings. The lowest BCUT2D eigenvalue weighted by Crippen LogP contribution is -2.47. The number of nitrogens with one attached hydrogen (secondary N) is 1. The van der Waals surface area contributed by atoms with Gasteiger partial charge in [0.1, 0.15) is 6.04 Å². The van der Waals surface area contributed by atoms with Crippen molar-refractivity contribution in [2.24, 2.45) is 0 Å². The minimum absolute atomic E-state index is 0.0950. The first-order valence-corrected chi connectivity index (χ1v) is 11.8. The van der Waals surface area contributed by atoms with Crippen LogP contribution >= 0.6 is 0 Å². The number of hydrogen-bond donors (Lipinski definition) is 2. The summed E-state index contributed by atoms with van der Waals surface area (Å²) in [4.78, 5) is 24.6. The Morgan fingerprint density at radius 2 is 1.43 bits per heavy atom. The van der Waals surface area contributed by atoms with Crippen LogP contribution in [0.1, 0.15) is 96.5 Å². The highest BCUT2D eigenvalue weighted by Gasteiger charge is 2.24. The number of amides is 1.